The minimum absolute atomic E-state index is 0.0465. The molecule has 1 aromatic rings. The van der Waals surface area contributed by atoms with Crippen molar-refractivity contribution >= 4 is 5.91 Å². The molecule has 0 radical (unpaired) electrons. The van der Waals surface area contributed by atoms with Crippen LogP contribution in [0, 0.1) is 0 Å². The molecule has 0 unspecified atom stereocenters. The van der Waals surface area contributed by atoms with Gasteiger partial charge in [0.2, 0.25) is 0 Å². The summed E-state index contributed by atoms with van der Waals surface area (Å²) in [5, 5.41) is 0. The van der Waals surface area contributed by atoms with Gasteiger partial charge in [0.25, 0.3) is 5.91 Å². The number of nitrogens with two attached hydrogens (primary N) is 1. The largest absolute Gasteiger partial charge is 0.290 e. The van der Waals surface area contributed by atoms with Crippen LogP contribution in [-0.2, 0) is 5.41 Å². The third kappa shape index (κ3) is 2.33. The highest BCUT2D eigenvalue weighted by atomic mass is 16.2. The molecule has 0 aliphatic heterocycles. The van der Waals surface area contributed by atoms with Crippen molar-refractivity contribution in [3.05, 3.63) is 35.4 Å². The van der Waals surface area contributed by atoms with Gasteiger partial charge in [-0.1, -0.05) is 32.9 Å². The lowest BCUT2D eigenvalue weighted by molar-refractivity contribution is 0.0953. The van der Waals surface area contributed by atoms with Crippen molar-refractivity contribution in [2.75, 3.05) is 0 Å². The Morgan fingerprint density at radius 2 is 2.00 bits per heavy atom. The fraction of sp³-hybridized carbons (Fsp3) is 0.364. The van der Waals surface area contributed by atoms with E-state index in [1.807, 2.05) is 18.2 Å². The molecule has 14 heavy (non-hydrogen) atoms. The SMILES string of the molecule is CC(C)(C)c1cccc(C(=O)NN)c1. The Kier molecular flexibility index (Phi) is 2.91. The molecule has 0 heterocycles. The van der Waals surface area contributed by atoms with Gasteiger partial charge in [0, 0.05) is 5.56 Å². The van der Waals surface area contributed by atoms with E-state index < -0.39 is 0 Å². The minimum Gasteiger partial charge on any atom is -0.290 e. The summed E-state index contributed by atoms with van der Waals surface area (Å²) in [6.07, 6.45) is 0. The number of carbonyl (C=O) groups excluding carboxylic acids is 1. The lowest BCUT2D eigenvalue weighted by Gasteiger charge is -2.19. The maximum absolute atomic E-state index is 11.3. The van der Waals surface area contributed by atoms with E-state index in [9.17, 15) is 4.79 Å². The van der Waals surface area contributed by atoms with Crippen LogP contribution in [0.3, 0.4) is 0 Å². The van der Waals surface area contributed by atoms with E-state index in [1.165, 1.54) is 0 Å². The first-order valence-electron chi connectivity index (χ1n) is 4.56. The summed E-state index contributed by atoms with van der Waals surface area (Å²) >= 11 is 0. The van der Waals surface area contributed by atoms with Gasteiger partial charge in [0.1, 0.15) is 0 Å². The molecule has 3 N–H and O–H groups in total. The summed E-state index contributed by atoms with van der Waals surface area (Å²) < 4.78 is 0. The van der Waals surface area contributed by atoms with Gasteiger partial charge in [-0.15, -0.1) is 0 Å². The van der Waals surface area contributed by atoms with E-state index in [-0.39, 0.29) is 11.3 Å². The van der Waals surface area contributed by atoms with Crippen LogP contribution in [0.15, 0.2) is 24.3 Å². The predicted octanol–water partition coefficient (Wildman–Crippen LogP) is 1.59. The molecule has 76 valence electrons. The molecule has 0 fully saturated rings. The van der Waals surface area contributed by atoms with E-state index >= 15 is 0 Å². The highest BCUT2D eigenvalue weighted by Gasteiger charge is 2.14. The van der Waals surface area contributed by atoms with Crippen LogP contribution in [-0.4, -0.2) is 5.91 Å². The molecule has 0 atom stereocenters. The fourth-order valence-corrected chi connectivity index (χ4v) is 1.21. The number of nitrogens with one attached hydrogen (secondary N) is 1. The lowest BCUT2D eigenvalue weighted by atomic mass is 9.86. The first-order chi connectivity index (χ1) is 6.45. The third-order valence-electron chi connectivity index (χ3n) is 2.12. The summed E-state index contributed by atoms with van der Waals surface area (Å²) in [7, 11) is 0. The quantitative estimate of drug-likeness (QED) is 0.403. The molecule has 0 spiro atoms. The maximum Gasteiger partial charge on any atom is 0.265 e. The van der Waals surface area contributed by atoms with Crippen LogP contribution in [0.1, 0.15) is 36.7 Å². The number of amides is 1. The van der Waals surface area contributed by atoms with Crippen LogP contribution in [0.25, 0.3) is 0 Å². The van der Waals surface area contributed by atoms with Gasteiger partial charge in [-0.05, 0) is 23.1 Å². The molecular formula is C11H16N2O. The Morgan fingerprint density at radius 3 is 2.50 bits per heavy atom. The molecule has 1 aromatic carbocycles. The summed E-state index contributed by atoms with van der Waals surface area (Å²) in [5.41, 5.74) is 3.89. The highest BCUT2D eigenvalue weighted by molar-refractivity contribution is 5.93. The summed E-state index contributed by atoms with van der Waals surface area (Å²) in [6, 6.07) is 7.48. The molecule has 1 rings (SSSR count). The van der Waals surface area contributed by atoms with E-state index in [2.05, 4.69) is 26.2 Å². The van der Waals surface area contributed by atoms with Crippen molar-refractivity contribution in [2.45, 2.75) is 26.2 Å². The second-order valence-electron chi connectivity index (χ2n) is 4.30. The van der Waals surface area contributed by atoms with Crippen LogP contribution in [0.5, 0.6) is 0 Å². The number of benzene rings is 1. The maximum atomic E-state index is 11.3. The van der Waals surface area contributed by atoms with Gasteiger partial charge in [0.05, 0.1) is 0 Å². The second kappa shape index (κ2) is 3.80. The first kappa shape index (κ1) is 10.7. The number of carbonyl (C=O) groups is 1. The predicted molar refractivity (Wildman–Crippen MR) is 56.8 cm³/mol. The Bertz CT molecular complexity index is 339. The van der Waals surface area contributed by atoms with Crippen molar-refractivity contribution in [3.63, 3.8) is 0 Å². The van der Waals surface area contributed by atoms with Crippen molar-refractivity contribution in [1.29, 1.82) is 0 Å². The zero-order valence-corrected chi connectivity index (χ0v) is 8.79. The summed E-state index contributed by atoms with van der Waals surface area (Å²) in [4.78, 5) is 11.3. The number of hydrogen-bond acceptors (Lipinski definition) is 2. The first-order valence-corrected chi connectivity index (χ1v) is 4.56. The fourth-order valence-electron chi connectivity index (χ4n) is 1.21. The van der Waals surface area contributed by atoms with E-state index in [0.717, 1.165) is 5.56 Å². The van der Waals surface area contributed by atoms with Crippen molar-refractivity contribution in [3.8, 4) is 0 Å². The number of nitrogen functional groups attached to an aromatic ring is 1. The van der Waals surface area contributed by atoms with Gasteiger partial charge in [-0.3, -0.25) is 10.2 Å². The molecular weight excluding hydrogens is 176 g/mol. The van der Waals surface area contributed by atoms with Gasteiger partial charge < -0.3 is 0 Å². The molecule has 0 aliphatic carbocycles. The molecule has 0 bridgehead atoms. The minimum atomic E-state index is -0.254. The molecule has 0 saturated carbocycles. The molecule has 3 nitrogen and oxygen atoms in total. The Labute approximate surface area is 84.3 Å². The van der Waals surface area contributed by atoms with Crippen LogP contribution >= 0.6 is 0 Å². The van der Waals surface area contributed by atoms with Gasteiger partial charge >= 0.3 is 0 Å². The Hall–Kier alpha value is -1.35. The third-order valence-corrected chi connectivity index (χ3v) is 2.12. The van der Waals surface area contributed by atoms with Crippen molar-refractivity contribution < 1.29 is 4.79 Å². The lowest BCUT2D eigenvalue weighted by Crippen LogP contribution is -2.30. The molecule has 1 amide bonds. The zero-order valence-electron chi connectivity index (χ0n) is 8.79. The van der Waals surface area contributed by atoms with Crippen molar-refractivity contribution in [1.82, 2.24) is 5.43 Å². The van der Waals surface area contributed by atoms with E-state index in [4.69, 9.17) is 5.84 Å². The Morgan fingerprint density at radius 1 is 1.36 bits per heavy atom. The van der Waals surface area contributed by atoms with Crippen LogP contribution < -0.4 is 11.3 Å². The van der Waals surface area contributed by atoms with Gasteiger partial charge in [-0.25, -0.2) is 5.84 Å². The summed E-state index contributed by atoms with van der Waals surface area (Å²) in [6.45, 7) is 6.31. The monoisotopic (exact) mass is 192 g/mol. The smallest absolute Gasteiger partial charge is 0.265 e. The van der Waals surface area contributed by atoms with Crippen LogP contribution in [0.2, 0.25) is 0 Å². The average Bonchev–Trinajstić information content (AvgIpc) is 2.15. The second-order valence-corrected chi connectivity index (χ2v) is 4.30. The van der Waals surface area contributed by atoms with Crippen molar-refractivity contribution in [2.24, 2.45) is 5.84 Å². The van der Waals surface area contributed by atoms with Crippen LogP contribution in [0.4, 0.5) is 0 Å². The van der Waals surface area contributed by atoms with Gasteiger partial charge in [-0.2, -0.15) is 0 Å². The summed E-state index contributed by atoms with van der Waals surface area (Å²) in [5.74, 6) is 4.81. The molecule has 3 heteroatoms. The topological polar surface area (TPSA) is 55.1 Å². The van der Waals surface area contributed by atoms with Gasteiger partial charge in [0.15, 0.2) is 0 Å². The molecule has 0 saturated heterocycles. The standard InChI is InChI=1S/C11H16N2O/c1-11(2,3)9-6-4-5-8(7-9)10(14)13-12/h4-7H,12H2,1-3H3,(H,13,14). The number of rotatable bonds is 1. The average molecular weight is 192 g/mol. The van der Waals surface area contributed by atoms with E-state index in [0.29, 0.717) is 5.56 Å². The normalized spacial score (nSPS) is 11.1. The highest BCUT2D eigenvalue weighted by Crippen LogP contribution is 2.22. The Balaban J connectivity index is 3.08. The zero-order chi connectivity index (χ0) is 10.8. The number of hydrogen-bond donors (Lipinski definition) is 2. The molecule has 0 aliphatic rings. The molecule has 0 aromatic heterocycles. The number of hydrazine groups is 1. The van der Waals surface area contributed by atoms with E-state index in [1.54, 1.807) is 6.07 Å².